The summed E-state index contributed by atoms with van der Waals surface area (Å²) >= 11 is 0. The van der Waals surface area contributed by atoms with Gasteiger partial charge in [0.1, 0.15) is 6.04 Å². The van der Waals surface area contributed by atoms with E-state index < -0.39 is 0 Å². The number of carbonyl (C=O) groups is 1. The van der Waals surface area contributed by atoms with E-state index in [1.54, 1.807) is 0 Å². The zero-order chi connectivity index (χ0) is 15.4. The van der Waals surface area contributed by atoms with Crippen molar-refractivity contribution in [1.29, 1.82) is 0 Å². The normalized spacial score (nSPS) is 20.1. The summed E-state index contributed by atoms with van der Waals surface area (Å²) in [6, 6.07) is 8.64. The number of hydrogen-bond acceptors (Lipinski definition) is 3. The van der Waals surface area contributed by atoms with E-state index in [0.29, 0.717) is 6.04 Å². The number of rotatable bonds is 5. The van der Waals surface area contributed by atoms with Crippen molar-refractivity contribution in [3.63, 3.8) is 0 Å². The maximum atomic E-state index is 12.2. The predicted octanol–water partition coefficient (Wildman–Crippen LogP) is 3.15. The van der Waals surface area contributed by atoms with Gasteiger partial charge in [0.15, 0.2) is 0 Å². The Balaban J connectivity index is 1.51. The highest BCUT2D eigenvalue weighted by Gasteiger charge is 2.20. The average molecular weight is 301 g/mol. The van der Waals surface area contributed by atoms with E-state index in [9.17, 15) is 4.79 Å². The first kappa shape index (κ1) is 15.2. The van der Waals surface area contributed by atoms with Gasteiger partial charge in [-0.05, 0) is 56.9 Å². The lowest BCUT2D eigenvalue weighted by Gasteiger charge is -2.20. The molecule has 1 amide bonds. The summed E-state index contributed by atoms with van der Waals surface area (Å²) < 4.78 is 0. The molecule has 0 aromatic heterocycles. The Labute approximate surface area is 133 Å². The highest BCUT2D eigenvalue weighted by atomic mass is 16.2. The first-order valence-corrected chi connectivity index (χ1v) is 8.64. The second kappa shape index (κ2) is 7.03. The van der Waals surface area contributed by atoms with Crippen molar-refractivity contribution in [3.8, 4) is 0 Å². The van der Waals surface area contributed by atoms with Crippen molar-refractivity contribution in [1.82, 2.24) is 5.32 Å². The van der Waals surface area contributed by atoms with E-state index in [0.717, 1.165) is 31.6 Å². The van der Waals surface area contributed by atoms with Gasteiger partial charge in [0.05, 0.1) is 0 Å². The molecule has 1 aliphatic carbocycles. The molecule has 1 aromatic carbocycles. The van der Waals surface area contributed by atoms with Gasteiger partial charge in [0.25, 0.3) is 0 Å². The van der Waals surface area contributed by atoms with Gasteiger partial charge < -0.3 is 15.5 Å². The zero-order valence-corrected chi connectivity index (χ0v) is 13.5. The van der Waals surface area contributed by atoms with Crippen molar-refractivity contribution in [2.24, 2.45) is 0 Å². The summed E-state index contributed by atoms with van der Waals surface area (Å²) in [6.07, 6.45) is 7.32. The molecule has 1 saturated carbocycles. The van der Waals surface area contributed by atoms with E-state index >= 15 is 0 Å². The summed E-state index contributed by atoms with van der Waals surface area (Å²) in [5, 5.41) is 6.45. The fraction of sp³-hybridized carbons (Fsp3) is 0.611. The standard InChI is InChI=1S/C18H27N3O/c1-14(18(22)20-15-6-2-3-7-15)19-16-8-10-17(11-9-16)21-12-4-5-13-21/h8-11,14-15,19H,2-7,12-13H2,1H3,(H,20,22)/t14-/m1/s1. The molecule has 2 fully saturated rings. The van der Waals surface area contributed by atoms with Gasteiger partial charge in [-0.1, -0.05) is 12.8 Å². The maximum Gasteiger partial charge on any atom is 0.242 e. The molecule has 1 atom stereocenters. The van der Waals surface area contributed by atoms with Gasteiger partial charge >= 0.3 is 0 Å². The number of amides is 1. The lowest BCUT2D eigenvalue weighted by atomic mass is 10.2. The summed E-state index contributed by atoms with van der Waals surface area (Å²) in [5.74, 6) is 0.107. The summed E-state index contributed by atoms with van der Waals surface area (Å²) in [4.78, 5) is 14.6. The van der Waals surface area contributed by atoms with Crippen LogP contribution in [0.4, 0.5) is 11.4 Å². The molecule has 0 radical (unpaired) electrons. The number of hydrogen-bond donors (Lipinski definition) is 2. The Morgan fingerprint density at radius 2 is 1.73 bits per heavy atom. The van der Waals surface area contributed by atoms with Crippen LogP contribution in [0.15, 0.2) is 24.3 Å². The third kappa shape index (κ3) is 3.73. The van der Waals surface area contributed by atoms with Gasteiger partial charge in [0.2, 0.25) is 5.91 Å². The quantitative estimate of drug-likeness (QED) is 0.878. The molecule has 1 saturated heterocycles. The third-order valence-corrected chi connectivity index (χ3v) is 4.82. The number of nitrogens with zero attached hydrogens (tertiary/aromatic N) is 1. The van der Waals surface area contributed by atoms with E-state index in [-0.39, 0.29) is 11.9 Å². The second-order valence-corrected chi connectivity index (χ2v) is 6.60. The number of carbonyl (C=O) groups excluding carboxylic acids is 1. The molecule has 22 heavy (non-hydrogen) atoms. The minimum atomic E-state index is -0.196. The lowest BCUT2D eigenvalue weighted by Crippen LogP contribution is -2.42. The monoisotopic (exact) mass is 301 g/mol. The molecule has 4 nitrogen and oxygen atoms in total. The second-order valence-electron chi connectivity index (χ2n) is 6.60. The minimum Gasteiger partial charge on any atom is -0.374 e. The van der Waals surface area contributed by atoms with E-state index in [2.05, 4.69) is 39.8 Å². The minimum absolute atomic E-state index is 0.107. The fourth-order valence-corrected chi connectivity index (χ4v) is 3.46. The van der Waals surface area contributed by atoms with Crippen LogP contribution < -0.4 is 15.5 Å². The Hall–Kier alpha value is -1.71. The Morgan fingerprint density at radius 3 is 2.36 bits per heavy atom. The highest BCUT2D eigenvalue weighted by Crippen LogP contribution is 2.22. The zero-order valence-electron chi connectivity index (χ0n) is 13.5. The Kier molecular flexibility index (Phi) is 4.86. The van der Waals surface area contributed by atoms with Crippen LogP contribution in [0.1, 0.15) is 45.4 Å². The average Bonchev–Trinajstić information content (AvgIpc) is 3.21. The molecule has 1 heterocycles. The summed E-state index contributed by atoms with van der Waals surface area (Å²) in [5.41, 5.74) is 2.29. The predicted molar refractivity (Wildman–Crippen MR) is 91.4 cm³/mol. The van der Waals surface area contributed by atoms with Crippen molar-refractivity contribution in [3.05, 3.63) is 24.3 Å². The van der Waals surface area contributed by atoms with E-state index in [1.807, 2.05) is 6.92 Å². The Bertz CT molecular complexity index is 488. The van der Waals surface area contributed by atoms with Crippen LogP contribution in [-0.2, 0) is 4.79 Å². The first-order chi connectivity index (χ1) is 10.7. The SMILES string of the molecule is C[C@@H](Nc1ccc(N2CCCC2)cc1)C(=O)NC1CCCC1. The molecule has 0 spiro atoms. The highest BCUT2D eigenvalue weighted by molar-refractivity contribution is 5.84. The number of benzene rings is 1. The third-order valence-electron chi connectivity index (χ3n) is 4.82. The Morgan fingerprint density at radius 1 is 1.09 bits per heavy atom. The molecule has 2 N–H and O–H groups in total. The van der Waals surface area contributed by atoms with Gasteiger partial charge in [-0.25, -0.2) is 0 Å². The van der Waals surface area contributed by atoms with Crippen LogP contribution in [0.2, 0.25) is 0 Å². The van der Waals surface area contributed by atoms with Gasteiger partial charge in [-0.2, -0.15) is 0 Å². The maximum absolute atomic E-state index is 12.2. The molecule has 0 bridgehead atoms. The van der Waals surface area contributed by atoms with Gasteiger partial charge in [0, 0.05) is 30.5 Å². The van der Waals surface area contributed by atoms with Crippen molar-refractivity contribution in [2.75, 3.05) is 23.3 Å². The number of nitrogens with one attached hydrogen (secondary N) is 2. The van der Waals surface area contributed by atoms with Crippen molar-refractivity contribution < 1.29 is 4.79 Å². The molecule has 1 aromatic rings. The van der Waals surface area contributed by atoms with E-state index in [4.69, 9.17) is 0 Å². The fourth-order valence-electron chi connectivity index (χ4n) is 3.46. The molecule has 3 rings (SSSR count). The molecule has 4 heteroatoms. The van der Waals surface area contributed by atoms with Gasteiger partial charge in [-0.15, -0.1) is 0 Å². The summed E-state index contributed by atoms with van der Waals surface area (Å²) in [7, 11) is 0. The van der Waals surface area contributed by atoms with Crippen molar-refractivity contribution in [2.45, 2.75) is 57.5 Å². The lowest BCUT2D eigenvalue weighted by molar-refractivity contribution is -0.122. The topological polar surface area (TPSA) is 44.4 Å². The van der Waals surface area contributed by atoms with Crippen LogP contribution in [0.5, 0.6) is 0 Å². The van der Waals surface area contributed by atoms with Crippen LogP contribution in [0.25, 0.3) is 0 Å². The number of anilines is 2. The smallest absolute Gasteiger partial charge is 0.242 e. The van der Waals surface area contributed by atoms with E-state index in [1.165, 1.54) is 31.4 Å². The van der Waals surface area contributed by atoms with Crippen molar-refractivity contribution >= 4 is 17.3 Å². The van der Waals surface area contributed by atoms with Crippen LogP contribution in [0.3, 0.4) is 0 Å². The molecule has 2 aliphatic rings. The molecule has 120 valence electrons. The van der Waals surface area contributed by atoms with Crippen LogP contribution >= 0.6 is 0 Å². The largest absolute Gasteiger partial charge is 0.374 e. The first-order valence-electron chi connectivity index (χ1n) is 8.64. The van der Waals surface area contributed by atoms with Crippen LogP contribution in [0, 0.1) is 0 Å². The van der Waals surface area contributed by atoms with Crippen LogP contribution in [-0.4, -0.2) is 31.1 Å². The molecule has 0 unspecified atom stereocenters. The molecular weight excluding hydrogens is 274 g/mol. The molecule has 1 aliphatic heterocycles. The molecular formula is C18H27N3O. The summed E-state index contributed by atoms with van der Waals surface area (Å²) in [6.45, 7) is 4.25. The van der Waals surface area contributed by atoms with Gasteiger partial charge in [-0.3, -0.25) is 4.79 Å².